The molecule has 1 rings (SSSR count). The highest BCUT2D eigenvalue weighted by Gasteiger charge is 2.26. The summed E-state index contributed by atoms with van der Waals surface area (Å²) in [6.07, 6.45) is 6.52. The first kappa shape index (κ1) is 8.06. The van der Waals surface area contributed by atoms with Gasteiger partial charge in [0.15, 0.2) is 0 Å². The van der Waals surface area contributed by atoms with Gasteiger partial charge in [-0.05, 0) is 25.7 Å². The van der Waals surface area contributed by atoms with E-state index in [0.717, 1.165) is 5.92 Å². The molecule has 0 aromatic rings. The second kappa shape index (κ2) is 2.91. The van der Waals surface area contributed by atoms with Crippen LogP contribution in [0.1, 0.15) is 46.0 Å². The standard InChI is InChI=1S/C9H19N/c1-3-8-5-4-6-9(2,10)7-8/h8H,3-7,10H2,1-2H3/t8-,9-/m0/s1. The molecule has 0 saturated heterocycles. The van der Waals surface area contributed by atoms with Crippen LogP contribution in [0.25, 0.3) is 0 Å². The van der Waals surface area contributed by atoms with Crippen molar-refractivity contribution in [3.05, 3.63) is 0 Å². The molecule has 0 spiro atoms. The highest BCUT2D eigenvalue weighted by Crippen LogP contribution is 2.31. The number of hydrogen-bond donors (Lipinski definition) is 1. The van der Waals surface area contributed by atoms with Crippen LogP contribution in [0.4, 0.5) is 0 Å². The van der Waals surface area contributed by atoms with Gasteiger partial charge < -0.3 is 5.73 Å². The van der Waals surface area contributed by atoms with Crippen molar-refractivity contribution in [1.82, 2.24) is 0 Å². The molecule has 1 saturated carbocycles. The predicted octanol–water partition coefficient (Wildman–Crippen LogP) is 2.30. The summed E-state index contributed by atoms with van der Waals surface area (Å²) in [5.74, 6) is 0.906. The highest BCUT2D eigenvalue weighted by molar-refractivity contribution is 4.85. The largest absolute Gasteiger partial charge is 0.325 e. The van der Waals surface area contributed by atoms with Crippen LogP contribution in [0.3, 0.4) is 0 Å². The molecule has 0 aliphatic heterocycles. The average molecular weight is 141 g/mol. The van der Waals surface area contributed by atoms with E-state index in [4.69, 9.17) is 5.73 Å². The van der Waals surface area contributed by atoms with Gasteiger partial charge in [-0.2, -0.15) is 0 Å². The Balaban J connectivity index is 2.40. The van der Waals surface area contributed by atoms with Crippen molar-refractivity contribution in [1.29, 1.82) is 0 Å². The third-order valence-corrected chi connectivity index (χ3v) is 2.69. The zero-order valence-electron chi connectivity index (χ0n) is 7.19. The Morgan fingerprint density at radius 1 is 1.60 bits per heavy atom. The first-order valence-electron chi connectivity index (χ1n) is 4.43. The van der Waals surface area contributed by atoms with Gasteiger partial charge in [-0.25, -0.2) is 0 Å². The van der Waals surface area contributed by atoms with Crippen LogP contribution >= 0.6 is 0 Å². The summed E-state index contributed by atoms with van der Waals surface area (Å²) in [5.41, 5.74) is 6.20. The molecule has 0 bridgehead atoms. The summed E-state index contributed by atoms with van der Waals surface area (Å²) < 4.78 is 0. The van der Waals surface area contributed by atoms with E-state index >= 15 is 0 Å². The van der Waals surface area contributed by atoms with Gasteiger partial charge in [0, 0.05) is 5.54 Å². The summed E-state index contributed by atoms with van der Waals surface area (Å²) >= 11 is 0. The Kier molecular flexibility index (Phi) is 2.35. The van der Waals surface area contributed by atoms with E-state index in [2.05, 4.69) is 13.8 Å². The fourth-order valence-corrected chi connectivity index (χ4v) is 2.01. The fraction of sp³-hybridized carbons (Fsp3) is 1.00. The quantitative estimate of drug-likeness (QED) is 0.595. The van der Waals surface area contributed by atoms with Gasteiger partial charge in [-0.1, -0.05) is 26.2 Å². The van der Waals surface area contributed by atoms with Crippen molar-refractivity contribution in [3.63, 3.8) is 0 Å². The lowest BCUT2D eigenvalue weighted by Crippen LogP contribution is -2.40. The second-order valence-corrected chi connectivity index (χ2v) is 4.02. The molecule has 2 N–H and O–H groups in total. The maximum atomic E-state index is 6.04. The van der Waals surface area contributed by atoms with E-state index in [1.807, 2.05) is 0 Å². The molecule has 0 heterocycles. The molecule has 0 radical (unpaired) electrons. The molecule has 1 nitrogen and oxygen atoms in total. The maximum absolute atomic E-state index is 6.04. The summed E-state index contributed by atoms with van der Waals surface area (Å²) in [6.45, 7) is 4.46. The molecule has 1 fully saturated rings. The Hall–Kier alpha value is -0.0400. The van der Waals surface area contributed by atoms with Crippen molar-refractivity contribution >= 4 is 0 Å². The van der Waals surface area contributed by atoms with Gasteiger partial charge in [-0.3, -0.25) is 0 Å². The van der Waals surface area contributed by atoms with Gasteiger partial charge in [0.25, 0.3) is 0 Å². The van der Waals surface area contributed by atoms with Gasteiger partial charge in [0.05, 0.1) is 0 Å². The lowest BCUT2D eigenvalue weighted by Gasteiger charge is -2.34. The number of hydrogen-bond acceptors (Lipinski definition) is 1. The van der Waals surface area contributed by atoms with Crippen molar-refractivity contribution < 1.29 is 0 Å². The lowest BCUT2D eigenvalue weighted by atomic mass is 9.76. The predicted molar refractivity (Wildman–Crippen MR) is 44.8 cm³/mol. The molecule has 60 valence electrons. The van der Waals surface area contributed by atoms with Crippen LogP contribution in [-0.4, -0.2) is 5.54 Å². The highest BCUT2D eigenvalue weighted by atomic mass is 14.7. The number of nitrogens with two attached hydrogens (primary N) is 1. The van der Waals surface area contributed by atoms with Crippen LogP contribution in [0.5, 0.6) is 0 Å². The average Bonchev–Trinajstić information content (AvgIpc) is 1.86. The molecule has 0 unspecified atom stereocenters. The van der Waals surface area contributed by atoms with Gasteiger partial charge in [0.1, 0.15) is 0 Å². The molecule has 0 aromatic carbocycles. The summed E-state index contributed by atoms with van der Waals surface area (Å²) in [5, 5.41) is 0. The topological polar surface area (TPSA) is 26.0 Å². The lowest BCUT2D eigenvalue weighted by molar-refractivity contribution is 0.237. The van der Waals surface area contributed by atoms with Crippen molar-refractivity contribution in [2.75, 3.05) is 0 Å². The molecule has 0 amide bonds. The Morgan fingerprint density at radius 3 is 2.70 bits per heavy atom. The van der Waals surface area contributed by atoms with E-state index < -0.39 is 0 Å². The molecular formula is C9H19N. The minimum absolute atomic E-state index is 0.152. The van der Waals surface area contributed by atoms with E-state index in [1.54, 1.807) is 0 Å². The molecule has 0 aromatic heterocycles. The molecule has 1 aliphatic carbocycles. The molecular weight excluding hydrogens is 122 g/mol. The first-order chi connectivity index (χ1) is 4.64. The Morgan fingerprint density at radius 2 is 2.30 bits per heavy atom. The summed E-state index contributed by atoms with van der Waals surface area (Å²) in [4.78, 5) is 0. The minimum Gasteiger partial charge on any atom is -0.325 e. The minimum atomic E-state index is 0.152. The van der Waals surface area contributed by atoms with Gasteiger partial charge in [0.2, 0.25) is 0 Å². The molecule has 1 heteroatoms. The van der Waals surface area contributed by atoms with Crippen LogP contribution in [0.2, 0.25) is 0 Å². The zero-order valence-corrected chi connectivity index (χ0v) is 7.19. The summed E-state index contributed by atoms with van der Waals surface area (Å²) in [6, 6.07) is 0. The number of rotatable bonds is 1. The van der Waals surface area contributed by atoms with Gasteiger partial charge >= 0.3 is 0 Å². The third-order valence-electron chi connectivity index (χ3n) is 2.69. The molecule has 1 aliphatic rings. The van der Waals surface area contributed by atoms with Crippen LogP contribution < -0.4 is 5.73 Å². The summed E-state index contributed by atoms with van der Waals surface area (Å²) in [7, 11) is 0. The van der Waals surface area contributed by atoms with Crippen LogP contribution in [0.15, 0.2) is 0 Å². The van der Waals surface area contributed by atoms with Crippen LogP contribution in [-0.2, 0) is 0 Å². The van der Waals surface area contributed by atoms with E-state index in [-0.39, 0.29) is 5.54 Å². The van der Waals surface area contributed by atoms with E-state index in [9.17, 15) is 0 Å². The van der Waals surface area contributed by atoms with Crippen molar-refractivity contribution in [2.24, 2.45) is 11.7 Å². The second-order valence-electron chi connectivity index (χ2n) is 4.02. The first-order valence-corrected chi connectivity index (χ1v) is 4.43. The smallest absolute Gasteiger partial charge is 0.0128 e. The molecule has 2 atom stereocenters. The van der Waals surface area contributed by atoms with Gasteiger partial charge in [-0.15, -0.1) is 0 Å². The van der Waals surface area contributed by atoms with E-state index in [0.29, 0.717) is 0 Å². The fourth-order valence-electron chi connectivity index (χ4n) is 2.01. The monoisotopic (exact) mass is 141 g/mol. The van der Waals surface area contributed by atoms with Crippen LogP contribution in [0, 0.1) is 5.92 Å². The Labute approximate surface area is 64.0 Å². The molecule has 10 heavy (non-hydrogen) atoms. The van der Waals surface area contributed by atoms with Crippen molar-refractivity contribution in [3.8, 4) is 0 Å². The maximum Gasteiger partial charge on any atom is 0.0128 e. The Bertz CT molecular complexity index is 107. The SMILES string of the molecule is CC[C@H]1CCC[C@](C)(N)C1. The zero-order chi connectivity index (χ0) is 7.61. The van der Waals surface area contributed by atoms with Crippen molar-refractivity contribution in [2.45, 2.75) is 51.5 Å². The normalized spacial score (nSPS) is 41.7. The van der Waals surface area contributed by atoms with E-state index in [1.165, 1.54) is 32.1 Å². The third kappa shape index (κ3) is 1.98.